The quantitative estimate of drug-likeness (QED) is 0.606. The van der Waals surface area contributed by atoms with Crippen molar-refractivity contribution in [3.63, 3.8) is 0 Å². The van der Waals surface area contributed by atoms with Gasteiger partial charge in [0.2, 0.25) is 0 Å². The van der Waals surface area contributed by atoms with Crippen molar-refractivity contribution in [1.29, 1.82) is 0 Å². The van der Waals surface area contributed by atoms with Gasteiger partial charge in [0.25, 0.3) is 0 Å². The van der Waals surface area contributed by atoms with Crippen LogP contribution in [0, 0.1) is 3.57 Å². The molecule has 1 rings (SSSR count). The molecule has 0 aromatic heterocycles. The molecule has 0 aliphatic rings. The van der Waals surface area contributed by atoms with Crippen molar-refractivity contribution in [2.45, 2.75) is 32.7 Å². The van der Waals surface area contributed by atoms with Gasteiger partial charge in [0.1, 0.15) is 0 Å². The zero-order valence-electron chi connectivity index (χ0n) is 10.1. The van der Waals surface area contributed by atoms with Gasteiger partial charge in [0.05, 0.1) is 0 Å². The first kappa shape index (κ1) is 13.7. The van der Waals surface area contributed by atoms with E-state index < -0.39 is 0 Å². The second-order valence-electron chi connectivity index (χ2n) is 3.97. The van der Waals surface area contributed by atoms with Crippen molar-refractivity contribution >= 4 is 22.6 Å². The number of hydrogen-bond donors (Lipinski definition) is 1. The fraction of sp³-hybridized carbons (Fsp3) is 0.429. The predicted octanol–water partition coefficient (Wildman–Crippen LogP) is 4.30. The first-order valence-corrected chi connectivity index (χ1v) is 6.90. The third-order valence-electron chi connectivity index (χ3n) is 2.72. The maximum atomic E-state index is 4.10. The van der Waals surface area contributed by atoms with E-state index in [4.69, 9.17) is 0 Å². The van der Waals surface area contributed by atoms with E-state index in [0.717, 1.165) is 19.4 Å². The number of nitrogens with one attached hydrogen (secondary N) is 1. The van der Waals surface area contributed by atoms with Crippen molar-refractivity contribution in [1.82, 2.24) is 5.32 Å². The molecule has 0 heterocycles. The maximum Gasteiger partial charge on any atom is 0.0357 e. The minimum atomic E-state index is 0.412. The second-order valence-corrected chi connectivity index (χ2v) is 5.22. The monoisotopic (exact) mass is 329 g/mol. The molecule has 1 N–H and O–H groups in total. The summed E-state index contributed by atoms with van der Waals surface area (Å²) in [6.45, 7) is 9.40. The molecule has 1 atom stereocenters. The minimum Gasteiger partial charge on any atom is -0.310 e. The SMILES string of the molecule is C=C(CC)CC(NCC)c1ccc(I)cc1. The molecule has 0 aliphatic heterocycles. The molecule has 0 spiro atoms. The Morgan fingerprint density at radius 3 is 2.44 bits per heavy atom. The molecule has 0 amide bonds. The lowest BCUT2D eigenvalue weighted by atomic mass is 9.98. The smallest absolute Gasteiger partial charge is 0.0357 e. The summed E-state index contributed by atoms with van der Waals surface area (Å²) in [4.78, 5) is 0. The van der Waals surface area contributed by atoms with E-state index in [2.05, 4.69) is 72.6 Å². The average molecular weight is 329 g/mol. The average Bonchev–Trinajstić information content (AvgIpc) is 2.29. The Balaban J connectivity index is 2.76. The van der Waals surface area contributed by atoms with Crippen LogP contribution in [0.3, 0.4) is 0 Å². The van der Waals surface area contributed by atoms with Crippen LogP contribution < -0.4 is 5.32 Å². The highest BCUT2D eigenvalue weighted by Gasteiger charge is 2.10. The molecule has 0 bridgehead atoms. The van der Waals surface area contributed by atoms with Crippen molar-refractivity contribution < 1.29 is 0 Å². The van der Waals surface area contributed by atoms with E-state index in [1.54, 1.807) is 0 Å². The second kappa shape index (κ2) is 7.07. The summed E-state index contributed by atoms with van der Waals surface area (Å²) in [7, 11) is 0. The van der Waals surface area contributed by atoms with E-state index in [0.29, 0.717) is 6.04 Å². The van der Waals surface area contributed by atoms with Gasteiger partial charge in [-0.05, 0) is 59.7 Å². The van der Waals surface area contributed by atoms with Crippen LogP contribution in [0.4, 0.5) is 0 Å². The number of hydrogen-bond acceptors (Lipinski definition) is 1. The van der Waals surface area contributed by atoms with Crippen LogP contribution in [0.15, 0.2) is 36.4 Å². The van der Waals surface area contributed by atoms with E-state index in [9.17, 15) is 0 Å². The highest BCUT2D eigenvalue weighted by atomic mass is 127. The van der Waals surface area contributed by atoms with Crippen LogP contribution in [0.1, 0.15) is 38.3 Å². The lowest BCUT2D eigenvalue weighted by molar-refractivity contribution is 0.543. The third kappa shape index (κ3) is 4.26. The van der Waals surface area contributed by atoms with Gasteiger partial charge in [0, 0.05) is 9.61 Å². The topological polar surface area (TPSA) is 12.0 Å². The van der Waals surface area contributed by atoms with Gasteiger partial charge in [-0.25, -0.2) is 0 Å². The third-order valence-corrected chi connectivity index (χ3v) is 3.43. The Labute approximate surface area is 112 Å². The molecule has 0 saturated heterocycles. The normalized spacial score (nSPS) is 12.4. The van der Waals surface area contributed by atoms with Crippen molar-refractivity contribution in [2.75, 3.05) is 6.54 Å². The van der Waals surface area contributed by atoms with Gasteiger partial charge in [-0.1, -0.05) is 38.1 Å². The van der Waals surface area contributed by atoms with Gasteiger partial charge in [-0.2, -0.15) is 0 Å². The Hall–Kier alpha value is -0.350. The molecule has 1 aromatic rings. The Bertz CT molecular complexity index is 329. The minimum absolute atomic E-state index is 0.412. The molecule has 0 saturated carbocycles. The van der Waals surface area contributed by atoms with Crippen LogP contribution in [-0.2, 0) is 0 Å². The van der Waals surface area contributed by atoms with Gasteiger partial charge in [-0.15, -0.1) is 0 Å². The molecular weight excluding hydrogens is 309 g/mol. The van der Waals surface area contributed by atoms with E-state index in [1.807, 2.05) is 0 Å². The zero-order chi connectivity index (χ0) is 12.0. The van der Waals surface area contributed by atoms with Crippen LogP contribution in [0.2, 0.25) is 0 Å². The predicted molar refractivity (Wildman–Crippen MR) is 79.6 cm³/mol. The molecule has 2 heteroatoms. The summed E-state index contributed by atoms with van der Waals surface area (Å²) in [5.74, 6) is 0. The lowest BCUT2D eigenvalue weighted by Gasteiger charge is -2.19. The molecule has 0 aliphatic carbocycles. The number of rotatable bonds is 6. The molecule has 0 radical (unpaired) electrons. The van der Waals surface area contributed by atoms with Crippen molar-refractivity contribution in [3.05, 3.63) is 45.6 Å². The molecule has 0 fully saturated rings. The summed E-state index contributed by atoms with van der Waals surface area (Å²) in [5.41, 5.74) is 2.67. The van der Waals surface area contributed by atoms with Gasteiger partial charge < -0.3 is 5.32 Å². The Morgan fingerprint density at radius 2 is 1.94 bits per heavy atom. The highest BCUT2D eigenvalue weighted by Crippen LogP contribution is 2.22. The van der Waals surface area contributed by atoms with Gasteiger partial charge in [0.15, 0.2) is 0 Å². The van der Waals surface area contributed by atoms with Gasteiger partial charge in [-0.3, -0.25) is 0 Å². The first-order chi connectivity index (χ1) is 7.67. The van der Waals surface area contributed by atoms with Crippen LogP contribution in [-0.4, -0.2) is 6.54 Å². The maximum absolute atomic E-state index is 4.10. The summed E-state index contributed by atoms with van der Waals surface area (Å²) in [5, 5.41) is 3.52. The van der Waals surface area contributed by atoms with Crippen molar-refractivity contribution in [2.24, 2.45) is 0 Å². The van der Waals surface area contributed by atoms with E-state index in [1.165, 1.54) is 14.7 Å². The standard InChI is InChI=1S/C14H20IN/c1-4-11(3)10-14(16-5-2)12-6-8-13(15)9-7-12/h6-9,14,16H,3-5,10H2,1-2H3. The Morgan fingerprint density at radius 1 is 1.31 bits per heavy atom. The molecular formula is C14H20IN. The Kier molecular flexibility index (Phi) is 6.06. The number of benzene rings is 1. The molecule has 16 heavy (non-hydrogen) atoms. The zero-order valence-corrected chi connectivity index (χ0v) is 12.3. The highest BCUT2D eigenvalue weighted by molar-refractivity contribution is 14.1. The summed E-state index contributed by atoms with van der Waals surface area (Å²) in [6, 6.07) is 9.15. The lowest BCUT2D eigenvalue weighted by Crippen LogP contribution is -2.21. The van der Waals surface area contributed by atoms with Crippen LogP contribution in [0.5, 0.6) is 0 Å². The van der Waals surface area contributed by atoms with Crippen molar-refractivity contribution in [3.8, 4) is 0 Å². The number of halogens is 1. The van der Waals surface area contributed by atoms with Crippen LogP contribution in [0.25, 0.3) is 0 Å². The fourth-order valence-corrected chi connectivity index (χ4v) is 2.04. The molecule has 1 unspecified atom stereocenters. The summed E-state index contributed by atoms with van der Waals surface area (Å²) >= 11 is 2.34. The van der Waals surface area contributed by atoms with Crippen LogP contribution >= 0.6 is 22.6 Å². The molecule has 1 nitrogen and oxygen atoms in total. The summed E-state index contributed by atoms with van der Waals surface area (Å²) < 4.78 is 1.28. The largest absolute Gasteiger partial charge is 0.310 e. The summed E-state index contributed by atoms with van der Waals surface area (Å²) in [6.07, 6.45) is 2.09. The fourth-order valence-electron chi connectivity index (χ4n) is 1.68. The first-order valence-electron chi connectivity index (χ1n) is 5.82. The molecule has 88 valence electrons. The van der Waals surface area contributed by atoms with Gasteiger partial charge >= 0.3 is 0 Å². The molecule has 1 aromatic carbocycles. The van der Waals surface area contributed by atoms with E-state index >= 15 is 0 Å². The van der Waals surface area contributed by atoms with E-state index in [-0.39, 0.29) is 0 Å².